The molecule has 3 nitrogen and oxygen atoms in total. The second-order valence-electron chi connectivity index (χ2n) is 4.97. The monoisotopic (exact) mass is 311 g/mol. The Labute approximate surface area is 116 Å². The largest absolute Gasteiger partial charge is 0.490 e. The summed E-state index contributed by atoms with van der Waals surface area (Å²) in [5.41, 5.74) is 1.28. The lowest BCUT2D eigenvalue weighted by molar-refractivity contribution is 0.297. The molecular weight excluding hydrogens is 294 g/mol. The van der Waals surface area contributed by atoms with Crippen LogP contribution in [0.3, 0.4) is 0 Å². The van der Waals surface area contributed by atoms with Crippen LogP contribution in [0.1, 0.15) is 30.9 Å². The van der Waals surface area contributed by atoms with Gasteiger partial charge in [0.2, 0.25) is 0 Å². The first-order valence-corrected chi connectivity index (χ1v) is 7.35. The molecule has 98 valence electrons. The zero-order valence-corrected chi connectivity index (χ0v) is 12.1. The van der Waals surface area contributed by atoms with E-state index < -0.39 is 0 Å². The van der Waals surface area contributed by atoms with E-state index >= 15 is 0 Å². The second kappa shape index (κ2) is 5.10. The van der Waals surface area contributed by atoms with Gasteiger partial charge in [-0.05, 0) is 43.5 Å². The van der Waals surface area contributed by atoms with Crippen LogP contribution in [0.4, 0.5) is 0 Å². The SMILES string of the molecule is CNC(c1cc2c(cc1Br)OCCCO2)C1CC1. The maximum atomic E-state index is 5.77. The van der Waals surface area contributed by atoms with E-state index in [1.165, 1.54) is 18.4 Å². The molecule has 1 N–H and O–H groups in total. The Morgan fingerprint density at radius 1 is 1.22 bits per heavy atom. The molecular formula is C14H18BrNO2. The molecule has 1 aromatic rings. The summed E-state index contributed by atoms with van der Waals surface area (Å²) in [6.07, 6.45) is 3.57. The Bertz CT molecular complexity index is 446. The standard InChI is InChI=1S/C14H18BrNO2/c1-16-14(9-3-4-9)10-7-12-13(8-11(10)15)18-6-2-5-17-12/h7-9,14,16H,2-6H2,1H3. The highest BCUT2D eigenvalue weighted by Gasteiger charge is 2.33. The lowest BCUT2D eigenvalue weighted by atomic mass is 10.0. The normalized spacial score (nSPS) is 20.3. The minimum absolute atomic E-state index is 0.413. The summed E-state index contributed by atoms with van der Waals surface area (Å²) in [7, 11) is 2.03. The van der Waals surface area contributed by atoms with Crippen molar-refractivity contribution in [2.75, 3.05) is 20.3 Å². The molecule has 1 aliphatic heterocycles. The summed E-state index contributed by atoms with van der Waals surface area (Å²) in [6.45, 7) is 1.47. The summed E-state index contributed by atoms with van der Waals surface area (Å²) in [4.78, 5) is 0. The molecule has 1 aromatic carbocycles. The number of fused-ring (bicyclic) bond motifs is 1. The molecule has 0 bridgehead atoms. The van der Waals surface area contributed by atoms with Gasteiger partial charge in [-0.1, -0.05) is 15.9 Å². The zero-order valence-electron chi connectivity index (χ0n) is 10.5. The Kier molecular flexibility index (Phi) is 3.48. The quantitative estimate of drug-likeness (QED) is 0.929. The van der Waals surface area contributed by atoms with Crippen molar-refractivity contribution in [1.82, 2.24) is 5.32 Å². The van der Waals surface area contributed by atoms with Crippen molar-refractivity contribution in [1.29, 1.82) is 0 Å². The van der Waals surface area contributed by atoms with Gasteiger partial charge in [-0.25, -0.2) is 0 Å². The number of hydrogen-bond acceptors (Lipinski definition) is 3. The lowest BCUT2D eigenvalue weighted by Gasteiger charge is -2.19. The third-order valence-corrected chi connectivity index (χ3v) is 4.29. The number of rotatable bonds is 3. The fourth-order valence-corrected chi connectivity index (χ4v) is 3.08. The van der Waals surface area contributed by atoms with Crippen LogP contribution in [0.15, 0.2) is 16.6 Å². The Morgan fingerprint density at radius 2 is 1.89 bits per heavy atom. The van der Waals surface area contributed by atoms with Crippen LogP contribution in [-0.4, -0.2) is 20.3 Å². The summed E-state index contributed by atoms with van der Waals surface area (Å²) in [5, 5.41) is 3.42. The molecule has 0 aromatic heterocycles. The predicted molar refractivity (Wildman–Crippen MR) is 74.3 cm³/mol. The fourth-order valence-electron chi connectivity index (χ4n) is 2.51. The van der Waals surface area contributed by atoms with Crippen molar-refractivity contribution in [3.63, 3.8) is 0 Å². The van der Waals surface area contributed by atoms with Gasteiger partial charge in [-0.2, -0.15) is 0 Å². The van der Waals surface area contributed by atoms with Crippen LogP contribution in [0.2, 0.25) is 0 Å². The van der Waals surface area contributed by atoms with Gasteiger partial charge in [0.1, 0.15) is 0 Å². The van der Waals surface area contributed by atoms with Gasteiger partial charge >= 0.3 is 0 Å². The lowest BCUT2D eigenvalue weighted by Crippen LogP contribution is -2.18. The van der Waals surface area contributed by atoms with Crippen LogP contribution in [0, 0.1) is 5.92 Å². The van der Waals surface area contributed by atoms with E-state index in [1.807, 2.05) is 13.1 Å². The first kappa shape index (κ1) is 12.3. The molecule has 0 saturated heterocycles. The average Bonchev–Trinajstić information content (AvgIpc) is 3.17. The van der Waals surface area contributed by atoms with Crippen LogP contribution < -0.4 is 14.8 Å². The summed E-state index contributed by atoms with van der Waals surface area (Å²) in [6, 6.07) is 4.59. The number of halogens is 1. The van der Waals surface area contributed by atoms with Gasteiger partial charge in [-0.15, -0.1) is 0 Å². The first-order valence-electron chi connectivity index (χ1n) is 6.56. The average molecular weight is 312 g/mol. The molecule has 1 fully saturated rings. The van der Waals surface area contributed by atoms with Gasteiger partial charge in [0, 0.05) is 16.9 Å². The molecule has 3 rings (SSSR count). The van der Waals surface area contributed by atoms with Crippen LogP contribution in [0.5, 0.6) is 11.5 Å². The predicted octanol–water partition coefficient (Wildman–Crippen LogP) is 3.28. The van der Waals surface area contributed by atoms with Gasteiger partial charge in [0.15, 0.2) is 11.5 Å². The summed E-state index contributed by atoms with van der Waals surface area (Å²) in [5.74, 6) is 2.50. The van der Waals surface area contributed by atoms with E-state index in [2.05, 4.69) is 27.3 Å². The van der Waals surface area contributed by atoms with Gasteiger partial charge in [-0.3, -0.25) is 0 Å². The highest BCUT2D eigenvalue weighted by Crippen LogP contribution is 2.45. The molecule has 0 spiro atoms. The van der Waals surface area contributed by atoms with Gasteiger partial charge in [0.25, 0.3) is 0 Å². The number of ether oxygens (including phenoxy) is 2. The van der Waals surface area contributed by atoms with E-state index in [4.69, 9.17) is 9.47 Å². The Morgan fingerprint density at radius 3 is 2.50 bits per heavy atom. The van der Waals surface area contributed by atoms with E-state index in [1.54, 1.807) is 0 Å². The van der Waals surface area contributed by atoms with Crippen molar-refractivity contribution < 1.29 is 9.47 Å². The molecule has 1 heterocycles. The van der Waals surface area contributed by atoms with Gasteiger partial charge < -0.3 is 14.8 Å². The smallest absolute Gasteiger partial charge is 0.162 e. The van der Waals surface area contributed by atoms with Crippen molar-refractivity contribution in [2.45, 2.75) is 25.3 Å². The molecule has 18 heavy (non-hydrogen) atoms. The minimum Gasteiger partial charge on any atom is -0.490 e. The summed E-state index contributed by atoms with van der Waals surface area (Å²) < 4.78 is 12.6. The van der Waals surface area contributed by atoms with Gasteiger partial charge in [0.05, 0.1) is 13.2 Å². The molecule has 4 heteroatoms. The van der Waals surface area contributed by atoms with Crippen molar-refractivity contribution >= 4 is 15.9 Å². The zero-order chi connectivity index (χ0) is 12.5. The van der Waals surface area contributed by atoms with Crippen molar-refractivity contribution in [3.8, 4) is 11.5 Å². The maximum Gasteiger partial charge on any atom is 0.162 e. The third kappa shape index (κ3) is 2.36. The molecule has 0 amide bonds. The Hall–Kier alpha value is -0.740. The number of benzene rings is 1. The fraction of sp³-hybridized carbons (Fsp3) is 0.571. The van der Waals surface area contributed by atoms with E-state index in [0.29, 0.717) is 6.04 Å². The maximum absolute atomic E-state index is 5.77. The van der Waals surface area contributed by atoms with Crippen molar-refractivity contribution in [2.24, 2.45) is 5.92 Å². The third-order valence-electron chi connectivity index (χ3n) is 3.61. The van der Waals surface area contributed by atoms with Crippen LogP contribution >= 0.6 is 15.9 Å². The van der Waals surface area contributed by atoms with Crippen LogP contribution in [0.25, 0.3) is 0 Å². The molecule has 1 aliphatic carbocycles. The molecule has 1 saturated carbocycles. The van der Waals surface area contributed by atoms with E-state index in [-0.39, 0.29) is 0 Å². The topological polar surface area (TPSA) is 30.5 Å². The minimum atomic E-state index is 0.413. The van der Waals surface area contributed by atoms with E-state index in [0.717, 1.165) is 41.5 Å². The van der Waals surface area contributed by atoms with E-state index in [9.17, 15) is 0 Å². The number of hydrogen-bond donors (Lipinski definition) is 1. The van der Waals surface area contributed by atoms with Crippen LogP contribution in [-0.2, 0) is 0 Å². The summed E-state index contributed by atoms with van der Waals surface area (Å²) >= 11 is 3.66. The second-order valence-corrected chi connectivity index (χ2v) is 5.83. The molecule has 1 unspecified atom stereocenters. The first-order chi connectivity index (χ1) is 8.79. The molecule has 2 aliphatic rings. The highest BCUT2D eigenvalue weighted by molar-refractivity contribution is 9.10. The highest BCUT2D eigenvalue weighted by atomic mass is 79.9. The number of nitrogens with one attached hydrogen (secondary N) is 1. The Balaban J connectivity index is 1.96. The molecule has 1 atom stereocenters. The molecule has 0 radical (unpaired) electrons. The van der Waals surface area contributed by atoms with Crippen molar-refractivity contribution in [3.05, 3.63) is 22.2 Å².